The second-order valence-corrected chi connectivity index (χ2v) is 5.59. The zero-order chi connectivity index (χ0) is 14.4. The molecule has 0 spiro atoms. The standard InChI is InChI=1S/C15H19ClN2O2/c1-11-3-2-4-13(9-11)17-18-15(19)10-20-14-7-5-12(16)6-8-14/h5-8,11H,2-4,9-10H2,1H3,(H,18,19)/t11-/m0/s1. The molecule has 0 aromatic heterocycles. The Balaban J connectivity index is 1.75. The summed E-state index contributed by atoms with van der Waals surface area (Å²) in [4.78, 5) is 11.6. The monoisotopic (exact) mass is 294 g/mol. The summed E-state index contributed by atoms with van der Waals surface area (Å²) in [6.45, 7) is 2.16. The van der Waals surface area contributed by atoms with E-state index in [2.05, 4.69) is 17.5 Å². The maximum absolute atomic E-state index is 11.6. The highest BCUT2D eigenvalue weighted by atomic mass is 35.5. The van der Waals surface area contributed by atoms with Gasteiger partial charge in [-0.25, -0.2) is 5.43 Å². The Morgan fingerprint density at radius 2 is 2.20 bits per heavy atom. The molecule has 1 saturated carbocycles. The molecule has 1 aromatic rings. The molecule has 1 aliphatic carbocycles. The van der Waals surface area contributed by atoms with E-state index < -0.39 is 0 Å². The minimum Gasteiger partial charge on any atom is -0.484 e. The van der Waals surface area contributed by atoms with Crippen LogP contribution in [-0.4, -0.2) is 18.2 Å². The van der Waals surface area contributed by atoms with Gasteiger partial charge in [-0.15, -0.1) is 0 Å². The van der Waals surface area contributed by atoms with E-state index in [9.17, 15) is 4.79 Å². The van der Waals surface area contributed by atoms with Crippen LogP contribution >= 0.6 is 11.6 Å². The van der Waals surface area contributed by atoms with Gasteiger partial charge < -0.3 is 4.74 Å². The van der Waals surface area contributed by atoms with E-state index in [1.54, 1.807) is 24.3 Å². The fourth-order valence-corrected chi connectivity index (χ4v) is 2.34. The average molecular weight is 295 g/mol. The third-order valence-corrected chi connectivity index (χ3v) is 3.52. The van der Waals surface area contributed by atoms with Crippen molar-refractivity contribution in [1.29, 1.82) is 0 Å². The van der Waals surface area contributed by atoms with E-state index in [0.29, 0.717) is 16.7 Å². The Kier molecular flexibility index (Phi) is 5.41. The summed E-state index contributed by atoms with van der Waals surface area (Å²) in [5, 5.41) is 4.81. The first-order valence-corrected chi connectivity index (χ1v) is 7.24. The van der Waals surface area contributed by atoms with Crippen molar-refractivity contribution in [3.8, 4) is 5.75 Å². The molecule has 0 saturated heterocycles. The summed E-state index contributed by atoms with van der Waals surface area (Å²) in [7, 11) is 0. The summed E-state index contributed by atoms with van der Waals surface area (Å²) < 4.78 is 5.34. The SMILES string of the molecule is C[C@H]1CCCC(=NNC(=O)COc2ccc(Cl)cc2)C1. The second kappa shape index (κ2) is 7.29. The fraction of sp³-hybridized carbons (Fsp3) is 0.467. The minimum absolute atomic E-state index is 0.0477. The summed E-state index contributed by atoms with van der Waals surface area (Å²) in [6.07, 6.45) is 4.34. The zero-order valence-electron chi connectivity index (χ0n) is 11.6. The molecule has 2 rings (SSSR count). The van der Waals surface area contributed by atoms with Gasteiger partial charge in [-0.05, 0) is 55.9 Å². The summed E-state index contributed by atoms with van der Waals surface area (Å²) in [5.41, 5.74) is 3.63. The lowest BCUT2D eigenvalue weighted by Crippen LogP contribution is -2.26. The minimum atomic E-state index is -0.245. The number of hydrazone groups is 1. The molecule has 1 fully saturated rings. The first-order valence-electron chi connectivity index (χ1n) is 6.86. The van der Waals surface area contributed by atoms with E-state index in [-0.39, 0.29) is 12.5 Å². The first kappa shape index (κ1) is 14.9. The quantitative estimate of drug-likeness (QED) is 0.865. The van der Waals surface area contributed by atoms with Crippen LogP contribution in [-0.2, 0) is 4.79 Å². The Morgan fingerprint density at radius 3 is 2.90 bits per heavy atom. The number of benzene rings is 1. The molecule has 1 atom stereocenters. The molecule has 20 heavy (non-hydrogen) atoms. The van der Waals surface area contributed by atoms with Crippen LogP contribution in [0.2, 0.25) is 5.02 Å². The van der Waals surface area contributed by atoms with E-state index in [0.717, 1.165) is 25.0 Å². The van der Waals surface area contributed by atoms with Crippen LogP contribution in [0.15, 0.2) is 29.4 Å². The van der Waals surface area contributed by atoms with Crippen molar-refractivity contribution in [2.75, 3.05) is 6.61 Å². The fourth-order valence-electron chi connectivity index (χ4n) is 2.22. The van der Waals surface area contributed by atoms with E-state index in [1.807, 2.05) is 0 Å². The lowest BCUT2D eigenvalue weighted by molar-refractivity contribution is -0.123. The van der Waals surface area contributed by atoms with Crippen molar-refractivity contribution >= 4 is 23.2 Å². The number of halogens is 1. The van der Waals surface area contributed by atoms with Crippen molar-refractivity contribution in [1.82, 2.24) is 5.43 Å². The van der Waals surface area contributed by atoms with Crippen molar-refractivity contribution in [3.05, 3.63) is 29.3 Å². The maximum atomic E-state index is 11.6. The maximum Gasteiger partial charge on any atom is 0.277 e. The number of nitrogens with one attached hydrogen (secondary N) is 1. The predicted octanol–water partition coefficient (Wildman–Crippen LogP) is 3.40. The van der Waals surface area contributed by atoms with Gasteiger partial charge in [-0.3, -0.25) is 4.79 Å². The van der Waals surface area contributed by atoms with Gasteiger partial charge in [0.15, 0.2) is 6.61 Å². The molecule has 0 unspecified atom stereocenters. The lowest BCUT2D eigenvalue weighted by atomic mass is 9.89. The molecule has 0 bridgehead atoms. The summed E-state index contributed by atoms with van der Waals surface area (Å²) in [6, 6.07) is 6.89. The Bertz CT molecular complexity index is 485. The van der Waals surface area contributed by atoms with Gasteiger partial charge in [0, 0.05) is 10.7 Å². The van der Waals surface area contributed by atoms with Gasteiger partial charge in [0.25, 0.3) is 5.91 Å². The Hall–Kier alpha value is -1.55. The highest BCUT2D eigenvalue weighted by Gasteiger charge is 2.14. The summed E-state index contributed by atoms with van der Waals surface area (Å²) >= 11 is 5.77. The third-order valence-electron chi connectivity index (χ3n) is 3.27. The molecule has 5 heteroatoms. The molecule has 108 valence electrons. The van der Waals surface area contributed by atoms with E-state index >= 15 is 0 Å². The highest BCUT2D eigenvalue weighted by molar-refractivity contribution is 6.30. The molecule has 0 radical (unpaired) electrons. The number of carbonyl (C=O) groups excluding carboxylic acids is 1. The predicted molar refractivity (Wildman–Crippen MR) is 80.2 cm³/mol. The summed E-state index contributed by atoms with van der Waals surface area (Å²) in [5.74, 6) is 1.03. The molecular formula is C15H19ClN2O2. The van der Waals surface area contributed by atoms with Crippen LogP contribution < -0.4 is 10.2 Å². The number of rotatable bonds is 4. The van der Waals surface area contributed by atoms with E-state index in [1.165, 1.54) is 6.42 Å². The van der Waals surface area contributed by atoms with Crippen LogP contribution in [0, 0.1) is 5.92 Å². The number of hydrogen-bond donors (Lipinski definition) is 1. The largest absolute Gasteiger partial charge is 0.484 e. The topological polar surface area (TPSA) is 50.7 Å². The van der Waals surface area contributed by atoms with E-state index in [4.69, 9.17) is 16.3 Å². The zero-order valence-corrected chi connectivity index (χ0v) is 12.3. The van der Waals surface area contributed by atoms with Gasteiger partial charge in [0.2, 0.25) is 0 Å². The van der Waals surface area contributed by atoms with Crippen molar-refractivity contribution < 1.29 is 9.53 Å². The molecule has 0 heterocycles. The lowest BCUT2D eigenvalue weighted by Gasteiger charge is -2.18. The van der Waals surface area contributed by atoms with Crippen LogP contribution in [0.5, 0.6) is 5.75 Å². The van der Waals surface area contributed by atoms with Crippen molar-refractivity contribution in [2.45, 2.75) is 32.6 Å². The van der Waals surface area contributed by atoms with Gasteiger partial charge in [0.05, 0.1) is 0 Å². The molecule has 4 nitrogen and oxygen atoms in total. The Labute approximate surface area is 124 Å². The number of nitrogens with zero attached hydrogens (tertiary/aromatic N) is 1. The number of hydrogen-bond acceptors (Lipinski definition) is 3. The molecule has 1 aromatic carbocycles. The number of amides is 1. The molecule has 1 N–H and O–H groups in total. The molecule has 0 aliphatic heterocycles. The van der Waals surface area contributed by atoms with Gasteiger partial charge in [-0.1, -0.05) is 18.5 Å². The molecular weight excluding hydrogens is 276 g/mol. The first-order chi connectivity index (χ1) is 9.63. The second-order valence-electron chi connectivity index (χ2n) is 5.16. The van der Waals surface area contributed by atoms with Crippen LogP contribution in [0.4, 0.5) is 0 Å². The van der Waals surface area contributed by atoms with Crippen LogP contribution in [0.25, 0.3) is 0 Å². The van der Waals surface area contributed by atoms with Crippen molar-refractivity contribution in [3.63, 3.8) is 0 Å². The third kappa shape index (κ3) is 4.85. The van der Waals surface area contributed by atoms with Crippen LogP contribution in [0.1, 0.15) is 32.6 Å². The highest BCUT2D eigenvalue weighted by Crippen LogP contribution is 2.20. The smallest absolute Gasteiger partial charge is 0.277 e. The molecule has 1 aliphatic rings. The molecule has 1 amide bonds. The number of carbonyl (C=O) groups is 1. The van der Waals surface area contributed by atoms with Crippen molar-refractivity contribution in [2.24, 2.45) is 11.0 Å². The average Bonchev–Trinajstić information content (AvgIpc) is 2.45. The van der Waals surface area contributed by atoms with Gasteiger partial charge >= 0.3 is 0 Å². The number of ether oxygens (including phenoxy) is 1. The van der Waals surface area contributed by atoms with Gasteiger partial charge in [0.1, 0.15) is 5.75 Å². The van der Waals surface area contributed by atoms with Crippen LogP contribution in [0.3, 0.4) is 0 Å². The van der Waals surface area contributed by atoms with Gasteiger partial charge in [-0.2, -0.15) is 5.10 Å². The Morgan fingerprint density at radius 1 is 1.45 bits per heavy atom. The normalized spacial score (nSPS) is 20.7.